The maximum absolute atomic E-state index is 4.43. The number of hydrogen-bond donors (Lipinski definition) is 0. The molecule has 7 heteroatoms. The molecule has 3 rings (SSSR count). The average Bonchev–Trinajstić information content (AvgIpc) is 2.55. The minimum atomic E-state index is -2.55. The van der Waals surface area contributed by atoms with E-state index < -0.39 is 18.9 Å². The number of fused-ring (bicyclic) bond motifs is 3. The topological polar surface area (TPSA) is 50.5 Å². The normalized spacial score (nSPS) is 10.2. The molecule has 0 aliphatic rings. The van der Waals surface area contributed by atoms with E-state index in [9.17, 15) is 0 Å². The summed E-state index contributed by atoms with van der Waals surface area (Å²) in [7, 11) is 0. The van der Waals surface area contributed by atoms with E-state index >= 15 is 0 Å². The van der Waals surface area contributed by atoms with E-state index in [0.29, 0.717) is 0 Å². The van der Waals surface area contributed by atoms with Crippen LogP contribution in [0, 0.1) is 0 Å². The van der Waals surface area contributed by atoms with Gasteiger partial charge < -0.3 is 0 Å². The number of rotatable bonds is 2. The molecule has 0 aliphatic carbocycles. The van der Waals surface area contributed by atoms with Gasteiger partial charge in [0.15, 0.2) is 0 Å². The van der Waals surface area contributed by atoms with Crippen LogP contribution in [0.25, 0.3) is 21.8 Å². The molecule has 2 heterocycles. The summed E-state index contributed by atoms with van der Waals surface area (Å²) in [4.78, 5) is 12.7. The second kappa shape index (κ2) is 8.34. The summed E-state index contributed by atoms with van der Waals surface area (Å²) in [5.74, 6) is 0. The fourth-order valence-electron chi connectivity index (χ4n) is 1.93. The van der Waals surface area contributed by atoms with Crippen molar-refractivity contribution in [1.82, 2.24) is 9.97 Å². The predicted molar refractivity (Wildman–Crippen MR) is 105 cm³/mol. The Hall–Kier alpha value is -1.56. The third-order valence-corrected chi connectivity index (χ3v) is 7.85. The number of pyridine rings is 2. The van der Waals surface area contributed by atoms with E-state index in [1.165, 1.54) is 0 Å². The first kappa shape index (κ1) is 17.8. The van der Waals surface area contributed by atoms with Crippen LogP contribution in [0.3, 0.4) is 0 Å². The summed E-state index contributed by atoms with van der Waals surface area (Å²) < 4.78 is 7.85. The van der Waals surface area contributed by atoms with Crippen LogP contribution < -0.4 is 0 Å². The van der Waals surface area contributed by atoms with Crippen LogP contribution >= 0.6 is 24.4 Å². The van der Waals surface area contributed by atoms with E-state index in [-0.39, 0.29) is 0 Å². The standard InChI is InChI=1S/C12H8N2.2CNS.2CH3.Sn/c1-3-9-5-6-10-4-2-8-14-12(10)11(9)13-7-1;2*2-1-3;;;/h1-8H;;;2*1H3;/q;2*-1;;;+2. The van der Waals surface area contributed by atoms with Crippen LogP contribution in [0.1, 0.15) is 0 Å². The Morgan fingerprint density at radius 1 is 0.826 bits per heavy atom. The van der Waals surface area contributed by atoms with Crippen molar-refractivity contribution in [2.24, 2.45) is 6.43 Å². The Balaban J connectivity index is 0.000000188. The monoisotopic (exact) mass is 446 g/mol. The molecule has 0 atom stereocenters. The van der Waals surface area contributed by atoms with Gasteiger partial charge in [0.2, 0.25) is 0 Å². The van der Waals surface area contributed by atoms with Gasteiger partial charge in [-0.15, -0.1) is 0 Å². The number of isothiocyanates is 2. The van der Waals surface area contributed by atoms with Crippen LogP contribution in [0.2, 0.25) is 9.88 Å². The first-order valence-corrected chi connectivity index (χ1v) is 15.9. The first-order chi connectivity index (χ1) is 11.1. The van der Waals surface area contributed by atoms with Crippen molar-refractivity contribution >= 4 is 75.5 Å². The van der Waals surface area contributed by atoms with Gasteiger partial charge in [-0.1, -0.05) is 24.3 Å². The fraction of sp³-hybridized carbons (Fsp3) is 0.125. The second-order valence-corrected chi connectivity index (χ2v) is 15.3. The minimum Gasteiger partial charge on any atom is -0.254 e. The zero-order valence-electron chi connectivity index (χ0n) is 12.7. The third kappa shape index (κ3) is 4.96. The maximum atomic E-state index is 4.43. The minimum absolute atomic E-state index is 0.977. The van der Waals surface area contributed by atoms with Crippen LogP contribution in [0.5, 0.6) is 0 Å². The largest absolute Gasteiger partial charge is 0.254 e. The molecule has 0 bridgehead atoms. The molecule has 0 amide bonds. The fourth-order valence-corrected chi connectivity index (χ4v) is 6.34. The van der Waals surface area contributed by atoms with Crippen molar-refractivity contribution in [3.05, 3.63) is 48.8 Å². The molecule has 0 unspecified atom stereocenters. The number of thiocarbonyl (C=S) groups is 2. The van der Waals surface area contributed by atoms with Gasteiger partial charge in [0.05, 0.1) is 11.0 Å². The Bertz CT molecular complexity index is 855. The van der Waals surface area contributed by atoms with Crippen molar-refractivity contribution in [3.63, 3.8) is 0 Å². The van der Waals surface area contributed by atoms with Gasteiger partial charge in [-0.05, 0) is 12.1 Å². The van der Waals surface area contributed by atoms with Crippen molar-refractivity contribution in [2.45, 2.75) is 9.88 Å². The molecular weight excluding hydrogens is 431 g/mol. The van der Waals surface area contributed by atoms with E-state index in [0.717, 1.165) is 21.8 Å². The summed E-state index contributed by atoms with van der Waals surface area (Å²) in [6.45, 7) is 0. The zero-order chi connectivity index (χ0) is 16.7. The SMILES string of the molecule is [CH3][Sn]([CH3])([N]=C=S)[N]=C=S.c1cnc2c(c1)ccc1cccnc12. The van der Waals surface area contributed by atoms with Crippen LogP contribution in [0.15, 0.2) is 55.2 Å². The van der Waals surface area contributed by atoms with Gasteiger partial charge in [0.25, 0.3) is 0 Å². The molecule has 0 spiro atoms. The zero-order valence-corrected chi connectivity index (χ0v) is 17.2. The Morgan fingerprint density at radius 3 is 1.65 bits per heavy atom. The molecule has 0 saturated carbocycles. The Morgan fingerprint density at radius 2 is 1.26 bits per heavy atom. The summed E-state index contributed by atoms with van der Waals surface area (Å²) in [6.07, 6.45) is 3.60. The summed E-state index contributed by atoms with van der Waals surface area (Å²) >= 11 is 6.31. The molecule has 114 valence electrons. The van der Waals surface area contributed by atoms with Gasteiger partial charge >= 0.3 is 70.0 Å². The first-order valence-electron chi connectivity index (χ1n) is 6.84. The van der Waals surface area contributed by atoms with E-state index in [2.05, 4.69) is 75.4 Å². The second-order valence-electron chi connectivity index (χ2n) is 5.12. The maximum Gasteiger partial charge on any atom is 0.0964 e. The third-order valence-electron chi connectivity index (χ3n) is 2.98. The smallest absolute Gasteiger partial charge is 0.0964 e. The molecule has 4 nitrogen and oxygen atoms in total. The van der Waals surface area contributed by atoms with Gasteiger partial charge in [-0.25, -0.2) is 0 Å². The molecule has 0 aliphatic heterocycles. The van der Waals surface area contributed by atoms with Gasteiger partial charge in [0.1, 0.15) is 0 Å². The van der Waals surface area contributed by atoms with Gasteiger partial charge in [-0.2, -0.15) is 0 Å². The number of benzene rings is 1. The van der Waals surface area contributed by atoms with Crippen molar-refractivity contribution in [3.8, 4) is 0 Å². The predicted octanol–water partition coefficient (Wildman–Crippen LogP) is 4.68. The Labute approximate surface area is 150 Å². The molecule has 0 fully saturated rings. The molecule has 0 saturated heterocycles. The molecule has 1 aromatic carbocycles. The van der Waals surface area contributed by atoms with E-state index in [4.69, 9.17) is 0 Å². The van der Waals surface area contributed by atoms with Crippen LogP contribution in [-0.4, -0.2) is 39.2 Å². The van der Waals surface area contributed by atoms with Gasteiger partial charge in [0, 0.05) is 23.2 Å². The number of hydrogen-bond acceptors (Lipinski definition) is 6. The Kier molecular flexibility index (Phi) is 6.45. The molecule has 2 aromatic heterocycles. The molecule has 3 aromatic rings. The molecule has 0 radical (unpaired) electrons. The number of aromatic nitrogens is 2. The summed E-state index contributed by atoms with van der Waals surface area (Å²) in [5.41, 5.74) is 1.95. The van der Waals surface area contributed by atoms with Crippen molar-refractivity contribution in [2.75, 3.05) is 0 Å². The summed E-state index contributed by atoms with van der Waals surface area (Å²) in [6, 6.07) is 12.1. The van der Waals surface area contributed by atoms with Crippen LogP contribution in [0.4, 0.5) is 0 Å². The molecule has 23 heavy (non-hydrogen) atoms. The molecule has 0 N–H and O–H groups in total. The summed E-state index contributed by atoms with van der Waals surface area (Å²) in [5, 5.41) is 6.90. The molecular formula is C16H14N4S2Sn. The number of nitrogens with zero attached hydrogens (tertiary/aromatic N) is 4. The van der Waals surface area contributed by atoms with E-state index in [1.807, 2.05) is 22.0 Å². The van der Waals surface area contributed by atoms with E-state index in [1.54, 1.807) is 12.4 Å². The van der Waals surface area contributed by atoms with Gasteiger partial charge in [-0.3, -0.25) is 9.97 Å². The van der Waals surface area contributed by atoms with Crippen LogP contribution in [-0.2, 0) is 0 Å². The average molecular weight is 445 g/mol. The quantitative estimate of drug-likeness (QED) is 0.249. The van der Waals surface area contributed by atoms with Crippen molar-refractivity contribution in [1.29, 1.82) is 0 Å². The van der Waals surface area contributed by atoms with Crippen molar-refractivity contribution < 1.29 is 0 Å².